The van der Waals surface area contributed by atoms with Crippen molar-refractivity contribution in [2.24, 2.45) is 5.92 Å². The van der Waals surface area contributed by atoms with Crippen molar-refractivity contribution in [3.8, 4) is 0 Å². The number of allylic oxidation sites excluding steroid dienone is 2. The number of carbonyl (C=O) groups is 1. The van der Waals surface area contributed by atoms with Crippen LogP contribution in [0.5, 0.6) is 0 Å². The molecule has 0 unspecified atom stereocenters. The molecule has 16 heavy (non-hydrogen) atoms. The molecule has 0 fully saturated rings. The number of rotatable bonds is 4. The van der Waals surface area contributed by atoms with E-state index in [-0.39, 0.29) is 5.97 Å². The van der Waals surface area contributed by atoms with E-state index in [0.717, 1.165) is 12.7 Å². The van der Waals surface area contributed by atoms with Crippen LogP contribution >= 0.6 is 0 Å². The summed E-state index contributed by atoms with van der Waals surface area (Å²) in [4.78, 5) is 11.0. The molecule has 0 amide bonds. The van der Waals surface area contributed by atoms with Crippen LogP contribution in [0.2, 0.25) is 0 Å². The van der Waals surface area contributed by atoms with Crippen LogP contribution in [0.3, 0.4) is 0 Å². The Labute approximate surface area is 99.7 Å². The molecule has 0 atom stereocenters. The minimum Gasteiger partial charge on any atom is -0.432 e. The van der Waals surface area contributed by atoms with Crippen LogP contribution in [-0.4, -0.2) is 5.97 Å². The number of carbonyl (C=O) groups excluding carboxylic acids is 1. The van der Waals surface area contributed by atoms with E-state index in [1.54, 1.807) is 6.92 Å². The predicted octanol–water partition coefficient (Wildman–Crippen LogP) is 4.25. The van der Waals surface area contributed by atoms with Gasteiger partial charge in [-0.15, -0.1) is 6.58 Å². The molecule has 0 aliphatic heterocycles. The summed E-state index contributed by atoms with van der Waals surface area (Å²) in [6.07, 6.45) is 3.93. The van der Waals surface area contributed by atoms with Gasteiger partial charge in [-0.25, -0.2) is 4.79 Å². The maximum absolute atomic E-state index is 11.0. The van der Waals surface area contributed by atoms with Crippen LogP contribution in [-0.2, 0) is 9.53 Å². The molecule has 2 heteroatoms. The number of esters is 1. The molecule has 0 spiro atoms. The summed E-state index contributed by atoms with van der Waals surface area (Å²) >= 11 is 0. The second kappa shape index (κ2) is 10.2. The number of ether oxygens (including phenoxy) is 1. The molecule has 0 aliphatic carbocycles. The van der Waals surface area contributed by atoms with Gasteiger partial charge in [0.05, 0.1) is 6.26 Å². The van der Waals surface area contributed by atoms with Gasteiger partial charge < -0.3 is 4.74 Å². The molecule has 0 saturated heterocycles. The fourth-order valence-electron chi connectivity index (χ4n) is 0.664. The highest BCUT2D eigenvalue weighted by atomic mass is 16.5. The van der Waals surface area contributed by atoms with Crippen LogP contribution < -0.4 is 0 Å². The SMILES string of the molecule is C=C(C)C.C=COC(=O)C(C)=CCC(C)C. The van der Waals surface area contributed by atoms with Gasteiger partial charge in [0.2, 0.25) is 0 Å². The van der Waals surface area contributed by atoms with Gasteiger partial charge in [0, 0.05) is 5.57 Å². The van der Waals surface area contributed by atoms with Gasteiger partial charge in [0.25, 0.3) is 0 Å². The van der Waals surface area contributed by atoms with E-state index in [2.05, 4.69) is 31.7 Å². The Balaban J connectivity index is 0. The van der Waals surface area contributed by atoms with Crippen LogP contribution in [0, 0.1) is 5.92 Å². The molecule has 0 bridgehead atoms. The summed E-state index contributed by atoms with van der Waals surface area (Å²) in [7, 11) is 0. The predicted molar refractivity (Wildman–Crippen MR) is 70.0 cm³/mol. The molecule has 0 rings (SSSR count). The molecule has 0 aromatic rings. The van der Waals surface area contributed by atoms with E-state index in [1.807, 2.05) is 19.9 Å². The van der Waals surface area contributed by atoms with Gasteiger partial charge >= 0.3 is 5.97 Å². The number of hydrogen-bond acceptors (Lipinski definition) is 2. The van der Waals surface area contributed by atoms with Crippen LogP contribution in [0.25, 0.3) is 0 Å². The summed E-state index contributed by atoms with van der Waals surface area (Å²) in [6, 6.07) is 0. The topological polar surface area (TPSA) is 26.3 Å². The Kier molecular flexibility index (Phi) is 10.9. The first-order chi connectivity index (χ1) is 7.31. The standard InChI is InChI=1S/C10H16O2.C4H8/c1-5-12-10(11)9(4)7-6-8(2)3;1-4(2)3/h5,7-8H,1,6H2,2-4H3;1H2,2-3H3. The lowest BCUT2D eigenvalue weighted by Gasteiger charge is -2.00. The lowest BCUT2D eigenvalue weighted by atomic mass is 10.1. The molecule has 0 radical (unpaired) electrons. The van der Waals surface area contributed by atoms with E-state index in [9.17, 15) is 4.79 Å². The van der Waals surface area contributed by atoms with Gasteiger partial charge in [-0.1, -0.05) is 32.1 Å². The quantitative estimate of drug-likeness (QED) is 0.309. The smallest absolute Gasteiger partial charge is 0.338 e. The molecule has 0 aromatic carbocycles. The van der Waals surface area contributed by atoms with Crippen molar-refractivity contribution < 1.29 is 9.53 Å². The highest BCUT2D eigenvalue weighted by Crippen LogP contribution is 2.05. The van der Waals surface area contributed by atoms with Crippen LogP contribution in [0.1, 0.15) is 41.0 Å². The van der Waals surface area contributed by atoms with Gasteiger partial charge in [-0.3, -0.25) is 0 Å². The van der Waals surface area contributed by atoms with Crippen molar-refractivity contribution in [3.63, 3.8) is 0 Å². The lowest BCUT2D eigenvalue weighted by molar-refractivity contribution is -0.133. The zero-order valence-electron chi connectivity index (χ0n) is 11.2. The van der Waals surface area contributed by atoms with Crippen molar-refractivity contribution in [1.82, 2.24) is 0 Å². The molecule has 2 nitrogen and oxygen atoms in total. The van der Waals surface area contributed by atoms with Crippen molar-refractivity contribution in [2.75, 3.05) is 0 Å². The maximum atomic E-state index is 11.0. The molecule has 92 valence electrons. The third-order valence-corrected chi connectivity index (χ3v) is 1.41. The van der Waals surface area contributed by atoms with Crippen molar-refractivity contribution in [3.05, 3.63) is 36.6 Å². The van der Waals surface area contributed by atoms with Gasteiger partial charge in [-0.2, -0.15) is 0 Å². The van der Waals surface area contributed by atoms with E-state index in [1.165, 1.54) is 5.57 Å². The van der Waals surface area contributed by atoms with E-state index in [0.29, 0.717) is 11.5 Å². The lowest BCUT2D eigenvalue weighted by Crippen LogP contribution is -2.01. The van der Waals surface area contributed by atoms with Crippen LogP contribution in [0.15, 0.2) is 36.6 Å². The highest BCUT2D eigenvalue weighted by molar-refractivity contribution is 5.88. The normalized spacial score (nSPS) is 10.2. The van der Waals surface area contributed by atoms with Gasteiger partial charge in [0.1, 0.15) is 0 Å². The first-order valence-corrected chi connectivity index (χ1v) is 5.42. The molecule has 0 N–H and O–H groups in total. The van der Waals surface area contributed by atoms with Gasteiger partial charge in [0.15, 0.2) is 0 Å². The minimum atomic E-state index is -0.314. The average molecular weight is 224 g/mol. The summed E-state index contributed by atoms with van der Waals surface area (Å²) in [6.45, 7) is 16.8. The third kappa shape index (κ3) is 15.2. The Morgan fingerprint density at radius 3 is 2.06 bits per heavy atom. The summed E-state index contributed by atoms with van der Waals surface area (Å²) in [5.41, 5.74) is 1.81. The first-order valence-electron chi connectivity index (χ1n) is 5.42. The van der Waals surface area contributed by atoms with Crippen molar-refractivity contribution in [1.29, 1.82) is 0 Å². The molecule has 0 heterocycles. The maximum Gasteiger partial charge on any atom is 0.338 e. The molecular weight excluding hydrogens is 200 g/mol. The minimum absolute atomic E-state index is 0.314. The fraction of sp³-hybridized carbons (Fsp3) is 0.500. The monoisotopic (exact) mass is 224 g/mol. The Hall–Kier alpha value is -1.31. The summed E-state index contributed by atoms with van der Waals surface area (Å²) < 4.78 is 4.59. The van der Waals surface area contributed by atoms with E-state index < -0.39 is 0 Å². The Morgan fingerprint density at radius 2 is 1.75 bits per heavy atom. The van der Waals surface area contributed by atoms with E-state index in [4.69, 9.17) is 0 Å². The zero-order valence-corrected chi connectivity index (χ0v) is 11.2. The molecular formula is C14H24O2. The highest BCUT2D eigenvalue weighted by Gasteiger charge is 2.02. The van der Waals surface area contributed by atoms with Crippen LogP contribution in [0.4, 0.5) is 0 Å². The second-order valence-corrected chi connectivity index (χ2v) is 4.30. The fourth-order valence-corrected chi connectivity index (χ4v) is 0.664. The Morgan fingerprint density at radius 1 is 1.31 bits per heavy atom. The first kappa shape index (κ1) is 17.1. The summed E-state index contributed by atoms with van der Waals surface area (Å²) in [5.74, 6) is 0.252. The van der Waals surface area contributed by atoms with E-state index >= 15 is 0 Å². The third-order valence-electron chi connectivity index (χ3n) is 1.41. The molecule has 0 aromatic heterocycles. The second-order valence-electron chi connectivity index (χ2n) is 4.30. The summed E-state index contributed by atoms with van der Waals surface area (Å²) in [5, 5.41) is 0. The largest absolute Gasteiger partial charge is 0.432 e. The molecule has 0 saturated carbocycles. The average Bonchev–Trinajstić information content (AvgIpc) is 2.13. The van der Waals surface area contributed by atoms with Gasteiger partial charge in [-0.05, 0) is 33.1 Å². The zero-order chi connectivity index (χ0) is 13.1. The van der Waals surface area contributed by atoms with Crippen molar-refractivity contribution in [2.45, 2.75) is 41.0 Å². The van der Waals surface area contributed by atoms with Crippen molar-refractivity contribution >= 4 is 5.97 Å². The Bertz CT molecular complexity index is 256. The number of hydrogen-bond donors (Lipinski definition) is 0. The molecule has 0 aliphatic rings.